The van der Waals surface area contributed by atoms with Crippen LogP contribution in [0.3, 0.4) is 0 Å². The number of halogens is 2. The molecular weight excluding hydrogens is 227 g/mol. The van der Waals surface area contributed by atoms with E-state index in [1.807, 2.05) is 0 Å². The molecule has 0 aliphatic carbocycles. The van der Waals surface area contributed by atoms with Gasteiger partial charge in [0.25, 0.3) is 0 Å². The van der Waals surface area contributed by atoms with Gasteiger partial charge in [-0.3, -0.25) is 4.90 Å². The van der Waals surface area contributed by atoms with E-state index in [1.165, 1.54) is 12.1 Å². The summed E-state index contributed by atoms with van der Waals surface area (Å²) in [5, 5.41) is 0.509. The first-order valence-electron chi connectivity index (χ1n) is 5.47. The van der Waals surface area contributed by atoms with Crippen LogP contribution in [-0.2, 0) is 0 Å². The van der Waals surface area contributed by atoms with Gasteiger partial charge >= 0.3 is 0 Å². The van der Waals surface area contributed by atoms with Crippen LogP contribution in [-0.4, -0.2) is 25.0 Å². The molecule has 1 aliphatic heterocycles. The quantitative estimate of drug-likeness (QED) is 0.863. The first kappa shape index (κ1) is 11.8. The molecule has 1 aliphatic rings. The molecule has 2 atom stereocenters. The highest BCUT2D eigenvalue weighted by atomic mass is 35.5. The lowest BCUT2D eigenvalue weighted by atomic mass is 10.00. The minimum Gasteiger partial charge on any atom is -0.330 e. The van der Waals surface area contributed by atoms with Crippen molar-refractivity contribution in [1.29, 1.82) is 0 Å². The van der Waals surface area contributed by atoms with Gasteiger partial charge in [0.05, 0.1) is 0 Å². The molecule has 2 nitrogen and oxygen atoms in total. The molecule has 4 heteroatoms. The molecule has 0 spiro atoms. The van der Waals surface area contributed by atoms with Crippen LogP contribution < -0.4 is 5.73 Å². The summed E-state index contributed by atoms with van der Waals surface area (Å²) in [5.74, 6) is 0.223. The second-order valence-corrected chi connectivity index (χ2v) is 4.87. The molecule has 2 N–H and O–H groups in total. The van der Waals surface area contributed by atoms with E-state index in [9.17, 15) is 4.39 Å². The van der Waals surface area contributed by atoms with Crippen molar-refractivity contribution in [2.75, 3.05) is 20.1 Å². The van der Waals surface area contributed by atoms with Crippen LogP contribution in [0.25, 0.3) is 0 Å². The maximum Gasteiger partial charge on any atom is 0.124 e. The standard InChI is InChI=1S/C12H16ClFN2/c1-16-7-8(6-15)4-12(16)10-3-2-9(14)5-11(10)13/h2-3,5,8,12H,4,6-7,15H2,1H3. The van der Waals surface area contributed by atoms with E-state index in [0.29, 0.717) is 17.5 Å². The first-order chi connectivity index (χ1) is 7.61. The summed E-state index contributed by atoms with van der Waals surface area (Å²) >= 11 is 6.07. The monoisotopic (exact) mass is 242 g/mol. The zero-order chi connectivity index (χ0) is 11.7. The summed E-state index contributed by atoms with van der Waals surface area (Å²) in [7, 11) is 2.06. The predicted octanol–water partition coefficient (Wildman–Crippen LogP) is 2.43. The largest absolute Gasteiger partial charge is 0.330 e. The molecule has 0 radical (unpaired) electrons. The zero-order valence-electron chi connectivity index (χ0n) is 9.29. The van der Waals surface area contributed by atoms with Crippen LogP contribution in [0.1, 0.15) is 18.0 Å². The van der Waals surface area contributed by atoms with Crippen LogP contribution in [0.2, 0.25) is 5.02 Å². The van der Waals surface area contributed by atoms with Gasteiger partial charge in [-0.25, -0.2) is 4.39 Å². The van der Waals surface area contributed by atoms with E-state index in [0.717, 1.165) is 18.5 Å². The molecule has 2 rings (SSSR count). The van der Waals surface area contributed by atoms with E-state index in [-0.39, 0.29) is 11.9 Å². The summed E-state index contributed by atoms with van der Waals surface area (Å²) in [6, 6.07) is 4.88. The molecule has 88 valence electrons. The van der Waals surface area contributed by atoms with E-state index in [1.54, 1.807) is 6.07 Å². The number of rotatable bonds is 2. The predicted molar refractivity (Wildman–Crippen MR) is 63.9 cm³/mol. The van der Waals surface area contributed by atoms with Gasteiger partial charge in [-0.05, 0) is 43.6 Å². The van der Waals surface area contributed by atoms with Gasteiger partial charge in [0, 0.05) is 17.6 Å². The van der Waals surface area contributed by atoms with Crippen LogP contribution >= 0.6 is 11.6 Å². The molecule has 1 fully saturated rings. The van der Waals surface area contributed by atoms with Crippen LogP contribution in [0.15, 0.2) is 18.2 Å². The molecule has 1 heterocycles. The van der Waals surface area contributed by atoms with Crippen LogP contribution in [0.4, 0.5) is 4.39 Å². The average Bonchev–Trinajstić information content (AvgIpc) is 2.60. The average molecular weight is 243 g/mol. The number of hydrogen-bond donors (Lipinski definition) is 1. The Labute approximate surface area is 100 Å². The van der Waals surface area contributed by atoms with E-state index in [4.69, 9.17) is 17.3 Å². The fourth-order valence-corrected chi connectivity index (χ4v) is 2.70. The first-order valence-corrected chi connectivity index (χ1v) is 5.85. The third-order valence-corrected chi connectivity index (χ3v) is 3.62. The maximum atomic E-state index is 13.0. The van der Waals surface area contributed by atoms with Crippen molar-refractivity contribution in [2.45, 2.75) is 12.5 Å². The van der Waals surface area contributed by atoms with Crippen LogP contribution in [0.5, 0.6) is 0 Å². The summed E-state index contributed by atoms with van der Waals surface area (Å²) in [5.41, 5.74) is 6.68. The Balaban J connectivity index is 2.24. The van der Waals surface area contributed by atoms with Gasteiger partial charge in [-0.2, -0.15) is 0 Å². The minimum atomic E-state index is -0.287. The van der Waals surface area contributed by atoms with Crippen LogP contribution in [0, 0.1) is 11.7 Å². The molecule has 1 aromatic carbocycles. The number of likely N-dealkylation sites (tertiary alicyclic amines) is 1. The molecule has 2 unspecified atom stereocenters. The van der Waals surface area contributed by atoms with Crippen molar-refractivity contribution in [2.24, 2.45) is 11.7 Å². The van der Waals surface area contributed by atoms with Gasteiger partial charge in [0.2, 0.25) is 0 Å². The van der Waals surface area contributed by atoms with Gasteiger partial charge in [-0.15, -0.1) is 0 Å². The second kappa shape index (κ2) is 4.70. The molecular formula is C12H16ClFN2. The summed E-state index contributed by atoms with van der Waals surface area (Å²) in [6.45, 7) is 1.68. The summed E-state index contributed by atoms with van der Waals surface area (Å²) in [4.78, 5) is 2.23. The summed E-state index contributed by atoms with van der Waals surface area (Å²) in [6.07, 6.45) is 0.998. The topological polar surface area (TPSA) is 29.3 Å². The third-order valence-electron chi connectivity index (χ3n) is 3.29. The molecule has 1 aromatic rings. The van der Waals surface area contributed by atoms with E-state index < -0.39 is 0 Å². The Kier molecular flexibility index (Phi) is 3.47. The SMILES string of the molecule is CN1CC(CN)CC1c1ccc(F)cc1Cl. The molecule has 16 heavy (non-hydrogen) atoms. The fraction of sp³-hybridized carbons (Fsp3) is 0.500. The van der Waals surface area contributed by atoms with Crippen molar-refractivity contribution in [3.8, 4) is 0 Å². The Hall–Kier alpha value is -0.640. The van der Waals surface area contributed by atoms with Crippen molar-refractivity contribution in [3.05, 3.63) is 34.6 Å². The normalized spacial score (nSPS) is 26.2. The number of hydrogen-bond acceptors (Lipinski definition) is 2. The lowest BCUT2D eigenvalue weighted by molar-refractivity contribution is 0.313. The van der Waals surface area contributed by atoms with Gasteiger partial charge < -0.3 is 5.73 Å². The number of nitrogens with two attached hydrogens (primary N) is 1. The van der Waals surface area contributed by atoms with E-state index in [2.05, 4.69) is 11.9 Å². The molecule has 1 saturated heterocycles. The zero-order valence-corrected chi connectivity index (χ0v) is 10.0. The highest BCUT2D eigenvalue weighted by Gasteiger charge is 2.30. The van der Waals surface area contributed by atoms with Crippen molar-refractivity contribution in [3.63, 3.8) is 0 Å². The van der Waals surface area contributed by atoms with E-state index >= 15 is 0 Å². The lowest BCUT2D eigenvalue weighted by Gasteiger charge is -2.20. The van der Waals surface area contributed by atoms with Gasteiger partial charge in [0.15, 0.2) is 0 Å². The Bertz CT molecular complexity index is 383. The molecule has 0 aromatic heterocycles. The smallest absolute Gasteiger partial charge is 0.124 e. The van der Waals surface area contributed by atoms with Crippen molar-refractivity contribution in [1.82, 2.24) is 4.90 Å². The number of benzene rings is 1. The lowest BCUT2D eigenvalue weighted by Crippen LogP contribution is -2.20. The maximum absolute atomic E-state index is 13.0. The molecule has 0 saturated carbocycles. The third kappa shape index (κ3) is 2.21. The fourth-order valence-electron chi connectivity index (χ4n) is 2.41. The Morgan fingerprint density at radius 3 is 2.88 bits per heavy atom. The Morgan fingerprint density at radius 1 is 1.56 bits per heavy atom. The van der Waals surface area contributed by atoms with Gasteiger partial charge in [-0.1, -0.05) is 17.7 Å². The second-order valence-electron chi connectivity index (χ2n) is 4.46. The number of nitrogens with zero attached hydrogens (tertiary/aromatic N) is 1. The molecule has 0 bridgehead atoms. The molecule has 0 amide bonds. The minimum absolute atomic E-state index is 0.265. The Morgan fingerprint density at radius 2 is 2.31 bits per heavy atom. The van der Waals surface area contributed by atoms with Crippen molar-refractivity contribution >= 4 is 11.6 Å². The van der Waals surface area contributed by atoms with Crippen molar-refractivity contribution < 1.29 is 4.39 Å². The highest BCUT2D eigenvalue weighted by molar-refractivity contribution is 6.31. The summed E-state index contributed by atoms with van der Waals surface area (Å²) < 4.78 is 13.0. The highest BCUT2D eigenvalue weighted by Crippen LogP contribution is 2.37. The van der Waals surface area contributed by atoms with Gasteiger partial charge in [0.1, 0.15) is 5.82 Å².